The van der Waals surface area contributed by atoms with Crippen molar-refractivity contribution < 1.29 is 0 Å². The molecule has 0 radical (unpaired) electrons. The lowest BCUT2D eigenvalue weighted by molar-refractivity contribution is 0.563. The quantitative estimate of drug-likeness (QED) is 0.790. The van der Waals surface area contributed by atoms with Crippen LogP contribution >= 0.6 is 0 Å². The number of nitrogens with zero attached hydrogens (tertiary/aromatic N) is 3. The number of aromatic nitrogens is 1. The Hall–Kier alpha value is -1.60. The molecule has 0 aliphatic heterocycles. The second-order valence-electron chi connectivity index (χ2n) is 5.29. The fourth-order valence-electron chi connectivity index (χ4n) is 2.24. The molecule has 0 spiro atoms. The van der Waals surface area contributed by atoms with Gasteiger partial charge in [-0.1, -0.05) is 13.0 Å². The standard InChI is InChI=1S/C16H26N4/c1-5-10-18-14(4)15-8-6-11-19-16(15)20(13(2)3)12-7-9-17/h6,8,11,13-14,18H,5,7,10,12H2,1-4H3. The van der Waals surface area contributed by atoms with Crippen LogP contribution in [0.1, 0.15) is 52.1 Å². The number of pyridine rings is 1. The molecule has 20 heavy (non-hydrogen) atoms. The van der Waals surface area contributed by atoms with Gasteiger partial charge in [-0.15, -0.1) is 0 Å². The fourth-order valence-corrected chi connectivity index (χ4v) is 2.24. The molecule has 0 fully saturated rings. The van der Waals surface area contributed by atoms with Crippen LogP contribution in [-0.2, 0) is 0 Å². The molecule has 1 aromatic rings. The summed E-state index contributed by atoms with van der Waals surface area (Å²) < 4.78 is 0. The summed E-state index contributed by atoms with van der Waals surface area (Å²) in [5.41, 5.74) is 1.20. The predicted octanol–water partition coefficient (Wildman–Crippen LogP) is 3.27. The number of nitrogens with one attached hydrogen (secondary N) is 1. The molecule has 1 aromatic heterocycles. The molecule has 4 heteroatoms. The highest BCUT2D eigenvalue weighted by atomic mass is 15.2. The van der Waals surface area contributed by atoms with Crippen molar-refractivity contribution in [3.8, 4) is 6.07 Å². The van der Waals surface area contributed by atoms with E-state index in [9.17, 15) is 0 Å². The third kappa shape index (κ3) is 4.50. The van der Waals surface area contributed by atoms with Crippen molar-refractivity contribution in [3.63, 3.8) is 0 Å². The fraction of sp³-hybridized carbons (Fsp3) is 0.625. The van der Waals surface area contributed by atoms with E-state index in [1.807, 2.05) is 12.3 Å². The van der Waals surface area contributed by atoms with E-state index in [4.69, 9.17) is 5.26 Å². The smallest absolute Gasteiger partial charge is 0.133 e. The first-order valence-corrected chi connectivity index (χ1v) is 7.43. The zero-order valence-electron chi connectivity index (χ0n) is 13.1. The van der Waals surface area contributed by atoms with Gasteiger partial charge in [0.25, 0.3) is 0 Å². The number of rotatable bonds is 8. The summed E-state index contributed by atoms with van der Waals surface area (Å²) in [5, 5.41) is 12.3. The Labute approximate surface area is 122 Å². The van der Waals surface area contributed by atoms with Crippen LogP contribution in [0.5, 0.6) is 0 Å². The number of hydrogen-bond acceptors (Lipinski definition) is 4. The summed E-state index contributed by atoms with van der Waals surface area (Å²) in [7, 11) is 0. The molecular formula is C16H26N4. The van der Waals surface area contributed by atoms with Gasteiger partial charge in [-0.3, -0.25) is 0 Å². The second kappa shape index (κ2) is 8.55. The summed E-state index contributed by atoms with van der Waals surface area (Å²) in [6.45, 7) is 10.3. The Balaban J connectivity index is 2.99. The van der Waals surface area contributed by atoms with Crippen molar-refractivity contribution in [3.05, 3.63) is 23.9 Å². The molecular weight excluding hydrogens is 248 g/mol. The first-order valence-electron chi connectivity index (χ1n) is 7.43. The summed E-state index contributed by atoms with van der Waals surface area (Å²) in [6, 6.07) is 6.92. The van der Waals surface area contributed by atoms with Crippen molar-refractivity contribution in [1.29, 1.82) is 5.26 Å². The van der Waals surface area contributed by atoms with Crippen molar-refractivity contribution in [2.24, 2.45) is 0 Å². The molecule has 4 nitrogen and oxygen atoms in total. The van der Waals surface area contributed by atoms with Crippen LogP contribution < -0.4 is 10.2 Å². The second-order valence-corrected chi connectivity index (χ2v) is 5.29. The average molecular weight is 274 g/mol. The maximum atomic E-state index is 8.83. The van der Waals surface area contributed by atoms with Gasteiger partial charge in [0.05, 0.1) is 12.5 Å². The zero-order valence-corrected chi connectivity index (χ0v) is 13.1. The zero-order chi connectivity index (χ0) is 15.0. The minimum absolute atomic E-state index is 0.266. The number of anilines is 1. The van der Waals surface area contributed by atoms with Crippen molar-refractivity contribution >= 4 is 5.82 Å². The van der Waals surface area contributed by atoms with Crippen molar-refractivity contribution in [1.82, 2.24) is 10.3 Å². The lowest BCUT2D eigenvalue weighted by Crippen LogP contribution is -2.34. The topological polar surface area (TPSA) is 52.0 Å². The average Bonchev–Trinajstić information content (AvgIpc) is 2.45. The van der Waals surface area contributed by atoms with Crippen LogP contribution in [-0.4, -0.2) is 24.1 Å². The molecule has 0 bridgehead atoms. The van der Waals surface area contributed by atoms with E-state index in [0.29, 0.717) is 12.5 Å². The summed E-state index contributed by atoms with van der Waals surface area (Å²) in [5.74, 6) is 0.994. The van der Waals surface area contributed by atoms with E-state index in [-0.39, 0.29) is 6.04 Å². The van der Waals surface area contributed by atoms with Gasteiger partial charge in [-0.25, -0.2) is 4.98 Å². The Bertz CT molecular complexity index is 436. The van der Waals surface area contributed by atoms with E-state index < -0.39 is 0 Å². The molecule has 0 aliphatic rings. The summed E-state index contributed by atoms with van der Waals surface area (Å²) in [4.78, 5) is 6.77. The first-order chi connectivity index (χ1) is 9.61. The molecule has 0 aliphatic carbocycles. The predicted molar refractivity (Wildman–Crippen MR) is 83.7 cm³/mol. The molecule has 1 heterocycles. The van der Waals surface area contributed by atoms with Crippen LogP contribution in [0.4, 0.5) is 5.82 Å². The Morgan fingerprint density at radius 1 is 1.40 bits per heavy atom. The van der Waals surface area contributed by atoms with Crippen LogP contribution in [0.3, 0.4) is 0 Å². The van der Waals surface area contributed by atoms with Crippen LogP contribution in [0.25, 0.3) is 0 Å². The van der Waals surface area contributed by atoms with Gasteiger partial charge >= 0.3 is 0 Å². The Morgan fingerprint density at radius 2 is 2.15 bits per heavy atom. The molecule has 1 atom stereocenters. The summed E-state index contributed by atoms with van der Waals surface area (Å²) in [6.07, 6.45) is 3.46. The third-order valence-corrected chi connectivity index (χ3v) is 3.34. The number of hydrogen-bond donors (Lipinski definition) is 1. The minimum Gasteiger partial charge on any atom is -0.353 e. The van der Waals surface area contributed by atoms with Gasteiger partial charge in [0.15, 0.2) is 0 Å². The van der Waals surface area contributed by atoms with E-state index >= 15 is 0 Å². The maximum Gasteiger partial charge on any atom is 0.133 e. The van der Waals surface area contributed by atoms with E-state index in [2.05, 4.69) is 55.0 Å². The van der Waals surface area contributed by atoms with Crippen LogP contribution in [0.2, 0.25) is 0 Å². The molecule has 0 saturated carbocycles. The summed E-state index contributed by atoms with van der Waals surface area (Å²) >= 11 is 0. The highest BCUT2D eigenvalue weighted by Gasteiger charge is 2.18. The van der Waals surface area contributed by atoms with Crippen LogP contribution in [0.15, 0.2) is 18.3 Å². The van der Waals surface area contributed by atoms with Gasteiger partial charge < -0.3 is 10.2 Å². The van der Waals surface area contributed by atoms with Gasteiger partial charge in [0.1, 0.15) is 5.82 Å². The monoisotopic (exact) mass is 274 g/mol. The SMILES string of the molecule is CCCNC(C)c1cccnc1N(CCC#N)C(C)C. The van der Waals surface area contributed by atoms with Gasteiger partial charge in [-0.2, -0.15) is 5.26 Å². The molecule has 110 valence electrons. The van der Waals surface area contributed by atoms with Gasteiger partial charge in [-0.05, 0) is 39.8 Å². The van der Waals surface area contributed by atoms with E-state index in [0.717, 1.165) is 25.3 Å². The molecule has 1 unspecified atom stereocenters. The Morgan fingerprint density at radius 3 is 2.75 bits per heavy atom. The van der Waals surface area contributed by atoms with Crippen LogP contribution in [0, 0.1) is 11.3 Å². The van der Waals surface area contributed by atoms with Gasteiger partial charge in [0.2, 0.25) is 0 Å². The van der Waals surface area contributed by atoms with E-state index in [1.165, 1.54) is 5.56 Å². The molecule has 0 aromatic carbocycles. The van der Waals surface area contributed by atoms with Crippen molar-refractivity contribution in [2.75, 3.05) is 18.0 Å². The highest BCUT2D eigenvalue weighted by Crippen LogP contribution is 2.25. The first kappa shape index (κ1) is 16.5. The Kier molecular flexibility index (Phi) is 7.03. The third-order valence-electron chi connectivity index (χ3n) is 3.34. The minimum atomic E-state index is 0.266. The molecule has 1 rings (SSSR count). The lowest BCUT2D eigenvalue weighted by atomic mass is 10.1. The molecule has 0 amide bonds. The molecule has 1 N–H and O–H groups in total. The maximum absolute atomic E-state index is 8.83. The normalized spacial score (nSPS) is 12.2. The van der Waals surface area contributed by atoms with Gasteiger partial charge in [0, 0.05) is 30.4 Å². The number of nitriles is 1. The van der Waals surface area contributed by atoms with E-state index in [1.54, 1.807) is 0 Å². The lowest BCUT2D eigenvalue weighted by Gasteiger charge is -2.30. The highest BCUT2D eigenvalue weighted by molar-refractivity contribution is 5.49. The largest absolute Gasteiger partial charge is 0.353 e. The van der Waals surface area contributed by atoms with Crippen molar-refractivity contribution in [2.45, 2.75) is 52.6 Å². The molecule has 0 saturated heterocycles.